The van der Waals surface area contributed by atoms with Gasteiger partial charge in [0.2, 0.25) is 5.91 Å². The number of nitrogens with one attached hydrogen (secondary N) is 1. The number of anilines is 2. The molecule has 1 saturated heterocycles. The second-order valence-corrected chi connectivity index (χ2v) is 10.9. The minimum absolute atomic E-state index is 0.132. The zero-order valence-corrected chi connectivity index (χ0v) is 19.2. The Labute approximate surface area is 185 Å². The summed E-state index contributed by atoms with van der Waals surface area (Å²) in [5.74, 6) is -0.303. The summed E-state index contributed by atoms with van der Waals surface area (Å²) in [6.07, 6.45) is 0.603. The zero-order chi connectivity index (χ0) is 22.3. The molecule has 2 aliphatic rings. The number of piperidine rings is 1. The summed E-state index contributed by atoms with van der Waals surface area (Å²) >= 11 is 0.952. The largest absolute Gasteiger partial charge is 0.444 e. The molecule has 0 unspecified atom stereocenters. The average molecular weight is 465 g/mol. The predicted octanol–water partition coefficient (Wildman–Crippen LogP) is 3.03. The number of carbonyl (C=O) groups is 2. The summed E-state index contributed by atoms with van der Waals surface area (Å²) in [4.78, 5) is 29.6. The highest BCUT2D eigenvalue weighted by molar-refractivity contribution is 7.91. The van der Waals surface area contributed by atoms with E-state index in [-0.39, 0.29) is 41.0 Å². The van der Waals surface area contributed by atoms with Crippen LogP contribution in [0.3, 0.4) is 0 Å². The van der Waals surface area contributed by atoms with E-state index in [1.807, 2.05) is 25.1 Å². The SMILES string of the molecule is CC(=O)Nc1nc(C)c(S(=O)(=O)N2CCC(N3C(=O)OCc4cc(C)ccc43)CC2)s1. The minimum Gasteiger partial charge on any atom is -0.444 e. The Morgan fingerprint density at radius 1 is 1.26 bits per heavy atom. The van der Waals surface area contributed by atoms with Crippen LogP contribution >= 0.6 is 11.3 Å². The molecule has 4 rings (SSSR count). The van der Waals surface area contributed by atoms with Gasteiger partial charge in [-0.3, -0.25) is 9.69 Å². The van der Waals surface area contributed by atoms with E-state index in [2.05, 4.69) is 10.3 Å². The first kappa shape index (κ1) is 21.7. The smallest absolute Gasteiger partial charge is 0.414 e. The van der Waals surface area contributed by atoms with E-state index >= 15 is 0 Å². The third-order valence-corrected chi connectivity index (χ3v) is 9.00. The highest BCUT2D eigenvalue weighted by Crippen LogP contribution is 2.35. The number of nitrogens with zero attached hydrogens (tertiary/aromatic N) is 3. The fourth-order valence-electron chi connectivity index (χ4n) is 4.00. The van der Waals surface area contributed by atoms with Gasteiger partial charge >= 0.3 is 6.09 Å². The van der Waals surface area contributed by atoms with Crippen LogP contribution in [0, 0.1) is 13.8 Å². The number of aryl methyl sites for hydroxylation is 2. The Morgan fingerprint density at radius 2 is 1.97 bits per heavy atom. The number of aromatic nitrogens is 1. The lowest BCUT2D eigenvalue weighted by molar-refractivity contribution is -0.114. The number of benzene rings is 1. The van der Waals surface area contributed by atoms with Gasteiger partial charge in [0, 0.05) is 31.6 Å². The molecule has 3 heterocycles. The number of fused-ring (bicyclic) bond motifs is 1. The predicted molar refractivity (Wildman–Crippen MR) is 117 cm³/mol. The molecule has 11 heteroatoms. The van der Waals surface area contributed by atoms with Crippen molar-refractivity contribution in [1.82, 2.24) is 9.29 Å². The fourth-order valence-corrected chi connectivity index (χ4v) is 7.07. The van der Waals surface area contributed by atoms with Gasteiger partial charge in [-0.1, -0.05) is 29.0 Å². The maximum absolute atomic E-state index is 13.2. The first-order valence-corrected chi connectivity index (χ1v) is 12.2. The molecule has 0 saturated carbocycles. The van der Waals surface area contributed by atoms with E-state index in [0.717, 1.165) is 28.2 Å². The van der Waals surface area contributed by atoms with E-state index < -0.39 is 16.1 Å². The van der Waals surface area contributed by atoms with E-state index in [4.69, 9.17) is 4.74 Å². The van der Waals surface area contributed by atoms with Crippen LogP contribution in [-0.4, -0.2) is 48.8 Å². The maximum atomic E-state index is 13.2. The highest BCUT2D eigenvalue weighted by atomic mass is 32.2. The Morgan fingerprint density at radius 3 is 2.65 bits per heavy atom. The second kappa shape index (κ2) is 8.21. The number of rotatable bonds is 4. The number of cyclic esters (lactones) is 1. The van der Waals surface area contributed by atoms with Crippen LogP contribution < -0.4 is 10.2 Å². The lowest BCUT2D eigenvalue weighted by Crippen LogP contribution is -2.50. The standard InChI is InChI=1S/C20H24N4O5S2/c1-12-4-5-17-15(10-12)11-29-20(26)24(17)16-6-8-23(9-7-16)31(27,28)18-13(2)21-19(30-18)22-14(3)25/h4-5,10,16H,6-9,11H2,1-3H3,(H,21,22,25). The van der Waals surface area contributed by atoms with Crippen molar-refractivity contribution in [2.24, 2.45) is 0 Å². The molecule has 1 aromatic carbocycles. The van der Waals surface area contributed by atoms with Crippen molar-refractivity contribution >= 4 is 44.2 Å². The lowest BCUT2D eigenvalue weighted by atomic mass is 10.0. The molecule has 0 spiro atoms. The van der Waals surface area contributed by atoms with Crippen LogP contribution in [0.15, 0.2) is 22.4 Å². The van der Waals surface area contributed by atoms with Crippen molar-refractivity contribution < 1.29 is 22.7 Å². The van der Waals surface area contributed by atoms with Crippen molar-refractivity contribution in [3.63, 3.8) is 0 Å². The average Bonchev–Trinajstić information content (AvgIpc) is 3.08. The summed E-state index contributed by atoms with van der Waals surface area (Å²) in [6, 6.07) is 5.76. The van der Waals surface area contributed by atoms with Crippen LogP contribution in [0.25, 0.3) is 0 Å². The molecule has 166 valence electrons. The Kier molecular flexibility index (Phi) is 5.75. The molecular weight excluding hydrogens is 440 g/mol. The quantitative estimate of drug-likeness (QED) is 0.745. The van der Waals surface area contributed by atoms with Crippen molar-refractivity contribution in [2.75, 3.05) is 23.3 Å². The normalized spacial score (nSPS) is 17.9. The van der Waals surface area contributed by atoms with E-state index in [1.54, 1.807) is 11.8 Å². The van der Waals surface area contributed by atoms with Gasteiger partial charge in [-0.05, 0) is 32.8 Å². The summed E-state index contributed by atoms with van der Waals surface area (Å²) in [6.45, 7) is 5.77. The summed E-state index contributed by atoms with van der Waals surface area (Å²) in [5, 5.41) is 2.80. The molecule has 31 heavy (non-hydrogen) atoms. The third-order valence-electron chi connectivity index (χ3n) is 5.44. The zero-order valence-electron chi connectivity index (χ0n) is 17.5. The van der Waals surface area contributed by atoms with Crippen LogP contribution in [0.4, 0.5) is 15.6 Å². The number of sulfonamides is 1. The number of amides is 2. The van der Waals surface area contributed by atoms with E-state index in [9.17, 15) is 18.0 Å². The minimum atomic E-state index is -3.74. The summed E-state index contributed by atoms with van der Waals surface area (Å²) < 4.78 is 33.2. The van der Waals surface area contributed by atoms with Crippen LogP contribution in [0.1, 0.15) is 36.6 Å². The van der Waals surface area contributed by atoms with Gasteiger partial charge in [0.1, 0.15) is 6.61 Å². The van der Waals surface area contributed by atoms with Crippen molar-refractivity contribution in [1.29, 1.82) is 0 Å². The molecule has 0 radical (unpaired) electrons. The topological polar surface area (TPSA) is 109 Å². The Balaban J connectivity index is 1.51. The van der Waals surface area contributed by atoms with Gasteiger partial charge in [-0.25, -0.2) is 18.2 Å². The molecule has 1 N–H and O–H groups in total. The summed E-state index contributed by atoms with van der Waals surface area (Å²) in [7, 11) is -3.74. The fraction of sp³-hybridized carbons (Fsp3) is 0.450. The second-order valence-electron chi connectivity index (χ2n) is 7.77. The Bertz CT molecular complexity index is 1140. The number of hydrogen-bond acceptors (Lipinski definition) is 7. The molecule has 2 amide bonds. The molecule has 9 nitrogen and oxygen atoms in total. The first-order valence-electron chi connectivity index (χ1n) is 9.97. The van der Waals surface area contributed by atoms with Crippen LogP contribution in [0.2, 0.25) is 0 Å². The van der Waals surface area contributed by atoms with Gasteiger partial charge in [-0.2, -0.15) is 4.31 Å². The number of thiazole rings is 1. The van der Waals surface area contributed by atoms with Crippen LogP contribution in [-0.2, 0) is 26.2 Å². The number of carbonyl (C=O) groups excluding carboxylic acids is 2. The van der Waals surface area contributed by atoms with Gasteiger partial charge in [0.15, 0.2) is 9.34 Å². The molecule has 0 bridgehead atoms. The highest BCUT2D eigenvalue weighted by Gasteiger charge is 2.38. The number of ether oxygens (including phenoxy) is 1. The van der Waals surface area contributed by atoms with Gasteiger partial charge in [-0.15, -0.1) is 0 Å². The van der Waals surface area contributed by atoms with Gasteiger partial charge in [0.05, 0.1) is 11.4 Å². The molecule has 2 aromatic rings. The summed E-state index contributed by atoms with van der Waals surface area (Å²) in [5.41, 5.74) is 3.25. The number of hydrogen-bond donors (Lipinski definition) is 1. The van der Waals surface area contributed by atoms with E-state index in [1.165, 1.54) is 11.2 Å². The monoisotopic (exact) mass is 464 g/mol. The Hall–Kier alpha value is -2.50. The molecule has 0 atom stereocenters. The molecule has 2 aliphatic heterocycles. The molecule has 1 aromatic heterocycles. The lowest BCUT2D eigenvalue weighted by Gasteiger charge is -2.39. The van der Waals surface area contributed by atoms with Crippen molar-refractivity contribution in [3.8, 4) is 0 Å². The molecular formula is C20H24N4O5S2. The molecule has 0 aliphatic carbocycles. The first-order chi connectivity index (χ1) is 14.7. The van der Waals surface area contributed by atoms with Gasteiger partial charge in [0.25, 0.3) is 10.0 Å². The van der Waals surface area contributed by atoms with Crippen molar-refractivity contribution in [3.05, 3.63) is 35.0 Å². The van der Waals surface area contributed by atoms with E-state index in [0.29, 0.717) is 18.5 Å². The third kappa shape index (κ3) is 4.17. The van der Waals surface area contributed by atoms with Gasteiger partial charge < -0.3 is 10.1 Å². The van der Waals surface area contributed by atoms with Crippen molar-refractivity contribution in [2.45, 2.75) is 50.5 Å². The maximum Gasteiger partial charge on any atom is 0.414 e. The van der Waals surface area contributed by atoms with Crippen LogP contribution in [0.5, 0.6) is 0 Å². The molecule has 1 fully saturated rings.